The standard InChI is InChI=1S/C22H23NO3/c1-23-13-5-8-18(15-23)22(16-6-3-2-4-7-16)25-19-10-11-20-17(14-19)9-12-21(24)26-20/h2-4,6-7,9-12,14,18,22H,5,8,13,15H2,1H3. The Kier molecular flexibility index (Phi) is 4.76. The molecule has 2 unspecified atom stereocenters. The minimum atomic E-state index is -0.335. The monoisotopic (exact) mass is 349 g/mol. The lowest BCUT2D eigenvalue weighted by Gasteiger charge is -2.35. The van der Waals surface area contributed by atoms with E-state index in [0.717, 1.165) is 30.6 Å². The van der Waals surface area contributed by atoms with Crippen LogP contribution in [0.3, 0.4) is 0 Å². The van der Waals surface area contributed by atoms with E-state index in [2.05, 4.69) is 36.2 Å². The van der Waals surface area contributed by atoms with Gasteiger partial charge in [-0.3, -0.25) is 0 Å². The van der Waals surface area contributed by atoms with Gasteiger partial charge >= 0.3 is 5.63 Å². The van der Waals surface area contributed by atoms with Crippen LogP contribution in [0.4, 0.5) is 0 Å². The first-order valence-electron chi connectivity index (χ1n) is 9.13. The van der Waals surface area contributed by atoms with Crippen molar-refractivity contribution in [2.75, 3.05) is 20.1 Å². The maximum atomic E-state index is 11.4. The molecule has 1 aromatic heterocycles. The highest BCUT2D eigenvalue weighted by atomic mass is 16.5. The fourth-order valence-electron chi connectivity index (χ4n) is 3.80. The molecule has 26 heavy (non-hydrogen) atoms. The maximum absolute atomic E-state index is 11.4. The number of hydrogen-bond donors (Lipinski definition) is 0. The predicted molar refractivity (Wildman–Crippen MR) is 103 cm³/mol. The summed E-state index contributed by atoms with van der Waals surface area (Å²) in [5.41, 5.74) is 1.45. The van der Waals surface area contributed by atoms with Crippen molar-refractivity contribution in [2.24, 2.45) is 5.92 Å². The molecule has 0 amide bonds. The van der Waals surface area contributed by atoms with Crippen LogP contribution >= 0.6 is 0 Å². The number of piperidine rings is 1. The summed E-state index contributed by atoms with van der Waals surface area (Å²) in [6.45, 7) is 2.18. The topological polar surface area (TPSA) is 42.7 Å². The van der Waals surface area contributed by atoms with Gasteiger partial charge in [0.2, 0.25) is 0 Å². The number of fused-ring (bicyclic) bond motifs is 1. The second-order valence-corrected chi connectivity index (χ2v) is 7.07. The second-order valence-electron chi connectivity index (χ2n) is 7.07. The zero-order valence-corrected chi connectivity index (χ0v) is 14.9. The SMILES string of the molecule is CN1CCCC(C(Oc2ccc3oc(=O)ccc3c2)c2ccccc2)C1. The molecule has 4 heteroatoms. The summed E-state index contributed by atoms with van der Waals surface area (Å²) in [5.74, 6) is 1.24. The molecular formula is C22H23NO3. The molecule has 1 fully saturated rings. The van der Waals surface area contributed by atoms with Gasteiger partial charge in [-0.1, -0.05) is 30.3 Å². The summed E-state index contributed by atoms with van der Waals surface area (Å²) in [4.78, 5) is 13.7. The minimum absolute atomic E-state index is 0.00659. The largest absolute Gasteiger partial charge is 0.485 e. The minimum Gasteiger partial charge on any atom is -0.485 e. The van der Waals surface area contributed by atoms with Crippen molar-refractivity contribution < 1.29 is 9.15 Å². The van der Waals surface area contributed by atoms with Crippen LogP contribution in [0.5, 0.6) is 5.75 Å². The zero-order chi connectivity index (χ0) is 17.9. The van der Waals surface area contributed by atoms with Crippen LogP contribution in [-0.4, -0.2) is 25.0 Å². The van der Waals surface area contributed by atoms with Crippen LogP contribution in [0.25, 0.3) is 11.0 Å². The Hall–Kier alpha value is -2.59. The molecule has 0 saturated carbocycles. The Morgan fingerprint density at radius 2 is 1.96 bits per heavy atom. The molecule has 2 heterocycles. The Morgan fingerprint density at radius 1 is 1.12 bits per heavy atom. The van der Waals surface area contributed by atoms with Gasteiger partial charge in [-0.25, -0.2) is 4.79 Å². The van der Waals surface area contributed by atoms with Gasteiger partial charge in [0.15, 0.2) is 0 Å². The van der Waals surface area contributed by atoms with Crippen LogP contribution in [-0.2, 0) is 0 Å². The van der Waals surface area contributed by atoms with Gasteiger partial charge < -0.3 is 14.1 Å². The van der Waals surface area contributed by atoms with E-state index in [1.54, 1.807) is 12.1 Å². The molecule has 0 N–H and O–H groups in total. The van der Waals surface area contributed by atoms with E-state index in [-0.39, 0.29) is 11.7 Å². The van der Waals surface area contributed by atoms with E-state index in [1.807, 2.05) is 18.2 Å². The molecule has 0 spiro atoms. The first-order chi connectivity index (χ1) is 12.7. The predicted octanol–water partition coefficient (Wildman–Crippen LogP) is 4.25. The molecule has 1 saturated heterocycles. The van der Waals surface area contributed by atoms with Crippen molar-refractivity contribution in [3.63, 3.8) is 0 Å². The third-order valence-corrected chi connectivity index (χ3v) is 5.07. The van der Waals surface area contributed by atoms with E-state index in [0.29, 0.717) is 11.5 Å². The molecule has 0 aliphatic carbocycles. The molecule has 0 radical (unpaired) electrons. The lowest BCUT2D eigenvalue weighted by molar-refractivity contribution is 0.0777. The number of hydrogen-bond acceptors (Lipinski definition) is 4. The number of nitrogens with zero attached hydrogens (tertiary/aromatic N) is 1. The van der Waals surface area contributed by atoms with Gasteiger partial charge in [0.25, 0.3) is 0 Å². The van der Waals surface area contributed by atoms with Crippen molar-refractivity contribution >= 4 is 11.0 Å². The van der Waals surface area contributed by atoms with E-state index in [9.17, 15) is 4.79 Å². The summed E-state index contributed by atoms with van der Waals surface area (Å²) in [6, 6.07) is 19.3. The van der Waals surface area contributed by atoms with Gasteiger partial charge in [-0.2, -0.15) is 0 Å². The second kappa shape index (κ2) is 7.34. The highest BCUT2D eigenvalue weighted by Crippen LogP contribution is 2.34. The van der Waals surface area contributed by atoms with E-state index < -0.39 is 0 Å². The lowest BCUT2D eigenvalue weighted by atomic mass is 9.88. The van der Waals surface area contributed by atoms with Crippen LogP contribution in [0, 0.1) is 5.92 Å². The number of ether oxygens (including phenoxy) is 1. The van der Waals surface area contributed by atoms with E-state index in [4.69, 9.17) is 9.15 Å². The molecule has 1 aliphatic heterocycles. The van der Waals surface area contributed by atoms with Crippen LogP contribution in [0.2, 0.25) is 0 Å². The Bertz CT molecular complexity index is 935. The summed E-state index contributed by atoms with van der Waals surface area (Å²) >= 11 is 0. The first-order valence-corrected chi connectivity index (χ1v) is 9.13. The van der Waals surface area contributed by atoms with Gasteiger partial charge in [-0.15, -0.1) is 0 Å². The molecule has 4 nitrogen and oxygen atoms in total. The van der Waals surface area contributed by atoms with E-state index in [1.165, 1.54) is 18.1 Å². The van der Waals surface area contributed by atoms with Crippen molar-refractivity contribution in [2.45, 2.75) is 18.9 Å². The zero-order valence-electron chi connectivity index (χ0n) is 14.9. The third-order valence-electron chi connectivity index (χ3n) is 5.07. The van der Waals surface area contributed by atoms with Crippen LogP contribution in [0.15, 0.2) is 69.9 Å². The number of likely N-dealkylation sites (tertiary alicyclic amines) is 1. The molecule has 4 rings (SSSR count). The molecule has 2 atom stereocenters. The smallest absolute Gasteiger partial charge is 0.336 e. The average Bonchev–Trinajstić information content (AvgIpc) is 2.67. The Balaban J connectivity index is 1.66. The molecule has 2 aromatic carbocycles. The van der Waals surface area contributed by atoms with Crippen molar-refractivity contribution in [1.29, 1.82) is 0 Å². The molecule has 0 bridgehead atoms. The lowest BCUT2D eigenvalue weighted by Crippen LogP contribution is -2.36. The van der Waals surface area contributed by atoms with Gasteiger partial charge in [0, 0.05) is 23.9 Å². The molecule has 1 aliphatic rings. The normalized spacial score (nSPS) is 19.3. The number of rotatable bonds is 4. The summed E-state index contributed by atoms with van der Waals surface area (Å²) in [5, 5.41) is 0.870. The Labute approximate surface area is 153 Å². The number of benzene rings is 2. The molecule has 3 aromatic rings. The summed E-state index contributed by atoms with van der Waals surface area (Å²) < 4.78 is 11.7. The average molecular weight is 349 g/mol. The highest BCUT2D eigenvalue weighted by Gasteiger charge is 2.28. The van der Waals surface area contributed by atoms with Gasteiger partial charge in [-0.05, 0) is 56.3 Å². The van der Waals surface area contributed by atoms with E-state index >= 15 is 0 Å². The van der Waals surface area contributed by atoms with Gasteiger partial charge in [0.05, 0.1) is 0 Å². The van der Waals surface area contributed by atoms with Crippen molar-refractivity contribution in [3.05, 3.63) is 76.6 Å². The summed E-state index contributed by atoms with van der Waals surface area (Å²) in [7, 11) is 2.17. The molecule has 134 valence electrons. The van der Waals surface area contributed by atoms with Gasteiger partial charge in [0.1, 0.15) is 17.4 Å². The summed E-state index contributed by atoms with van der Waals surface area (Å²) in [6.07, 6.45) is 2.36. The fraction of sp³-hybridized carbons (Fsp3) is 0.318. The van der Waals surface area contributed by atoms with Crippen molar-refractivity contribution in [3.8, 4) is 5.75 Å². The third kappa shape index (κ3) is 3.65. The Morgan fingerprint density at radius 3 is 2.77 bits per heavy atom. The first kappa shape index (κ1) is 16.9. The fourth-order valence-corrected chi connectivity index (χ4v) is 3.80. The molecular weight excluding hydrogens is 326 g/mol. The maximum Gasteiger partial charge on any atom is 0.336 e. The van der Waals surface area contributed by atoms with Crippen LogP contribution in [0.1, 0.15) is 24.5 Å². The van der Waals surface area contributed by atoms with Crippen LogP contribution < -0.4 is 10.4 Å². The highest BCUT2D eigenvalue weighted by molar-refractivity contribution is 5.77. The van der Waals surface area contributed by atoms with Crippen molar-refractivity contribution in [1.82, 2.24) is 4.90 Å². The quantitative estimate of drug-likeness (QED) is 0.660.